The van der Waals surface area contributed by atoms with Gasteiger partial charge in [0.05, 0.1) is 24.1 Å². The van der Waals surface area contributed by atoms with Gasteiger partial charge in [0.2, 0.25) is 0 Å². The zero-order chi connectivity index (χ0) is 18.1. The third kappa shape index (κ3) is 3.08. The normalized spacial score (nSPS) is 16.9. The van der Waals surface area contributed by atoms with Gasteiger partial charge < -0.3 is 9.47 Å². The molecule has 2 aromatic heterocycles. The number of carbonyl (C=O) groups excluding carboxylic acids is 1. The first-order chi connectivity index (χ1) is 12.7. The molecule has 0 spiro atoms. The largest absolute Gasteiger partial charge is 0.423 e. The van der Waals surface area contributed by atoms with Crippen molar-refractivity contribution in [1.29, 1.82) is 0 Å². The van der Waals surface area contributed by atoms with Crippen LogP contribution in [0.1, 0.15) is 40.9 Å². The Morgan fingerprint density at radius 3 is 2.85 bits per heavy atom. The summed E-state index contributed by atoms with van der Waals surface area (Å²) in [5.41, 5.74) is 3.09. The Labute approximate surface area is 151 Å². The van der Waals surface area contributed by atoms with Crippen LogP contribution in [0.15, 0.2) is 36.5 Å². The van der Waals surface area contributed by atoms with Crippen LogP contribution in [0.25, 0.3) is 11.0 Å². The Balaban J connectivity index is 1.54. The van der Waals surface area contributed by atoms with E-state index >= 15 is 0 Å². The number of aromatic nitrogens is 3. The van der Waals surface area contributed by atoms with Crippen molar-refractivity contribution in [2.45, 2.75) is 32.7 Å². The second-order valence-corrected chi connectivity index (χ2v) is 6.51. The number of carbonyl (C=O) groups is 1. The predicted octanol–water partition coefficient (Wildman–Crippen LogP) is 3.48. The van der Waals surface area contributed by atoms with Gasteiger partial charge in [0.25, 0.3) is 0 Å². The van der Waals surface area contributed by atoms with Crippen LogP contribution in [-0.2, 0) is 11.3 Å². The fourth-order valence-corrected chi connectivity index (χ4v) is 3.30. The smallest absolute Gasteiger partial charge is 0.345 e. The molecule has 1 aliphatic rings. The van der Waals surface area contributed by atoms with E-state index in [9.17, 15) is 4.79 Å². The van der Waals surface area contributed by atoms with E-state index in [1.54, 1.807) is 12.3 Å². The van der Waals surface area contributed by atoms with E-state index in [0.29, 0.717) is 22.9 Å². The molecule has 0 bridgehead atoms. The molecule has 0 radical (unpaired) electrons. The average Bonchev–Trinajstić information content (AvgIpc) is 3.31. The molecule has 0 aliphatic carbocycles. The van der Waals surface area contributed by atoms with E-state index in [0.717, 1.165) is 37.2 Å². The number of hydrogen-bond acceptors (Lipinski definition) is 5. The summed E-state index contributed by atoms with van der Waals surface area (Å²) in [6, 6.07) is 9.47. The molecule has 3 aromatic rings. The van der Waals surface area contributed by atoms with Gasteiger partial charge in [-0.1, -0.05) is 12.1 Å². The van der Waals surface area contributed by atoms with E-state index in [4.69, 9.17) is 9.47 Å². The van der Waals surface area contributed by atoms with E-state index in [1.807, 2.05) is 42.8 Å². The number of nitrogens with zero attached hydrogens (tertiary/aromatic N) is 3. The molecular weight excluding hydrogens is 330 g/mol. The minimum atomic E-state index is -0.405. The lowest BCUT2D eigenvalue weighted by atomic mass is 9.99. The maximum atomic E-state index is 12.6. The van der Waals surface area contributed by atoms with E-state index in [2.05, 4.69) is 10.1 Å². The van der Waals surface area contributed by atoms with Crippen molar-refractivity contribution in [2.75, 3.05) is 13.2 Å². The highest BCUT2D eigenvalue weighted by atomic mass is 16.5. The number of esters is 1. The summed E-state index contributed by atoms with van der Waals surface area (Å²) in [6.07, 6.45) is 2.76. The summed E-state index contributed by atoms with van der Waals surface area (Å²) >= 11 is 0. The predicted molar refractivity (Wildman–Crippen MR) is 97.5 cm³/mol. The highest BCUT2D eigenvalue weighted by Gasteiger charge is 2.19. The third-order valence-corrected chi connectivity index (χ3v) is 4.81. The molecule has 1 aliphatic heterocycles. The van der Waals surface area contributed by atoms with Crippen LogP contribution in [0.4, 0.5) is 0 Å². The summed E-state index contributed by atoms with van der Waals surface area (Å²) < 4.78 is 12.8. The lowest BCUT2D eigenvalue weighted by Gasteiger charge is -2.10. The van der Waals surface area contributed by atoms with E-state index < -0.39 is 5.97 Å². The van der Waals surface area contributed by atoms with Crippen molar-refractivity contribution in [3.8, 4) is 5.75 Å². The topological polar surface area (TPSA) is 66.2 Å². The quantitative estimate of drug-likeness (QED) is 0.532. The van der Waals surface area contributed by atoms with Gasteiger partial charge in [0, 0.05) is 24.5 Å². The minimum absolute atomic E-state index is 0.405. The lowest BCUT2D eigenvalue weighted by molar-refractivity contribution is 0.0733. The maximum Gasteiger partial charge on any atom is 0.345 e. The number of fused-ring (bicyclic) bond motifs is 1. The van der Waals surface area contributed by atoms with Crippen molar-refractivity contribution in [3.63, 3.8) is 0 Å². The summed E-state index contributed by atoms with van der Waals surface area (Å²) in [4.78, 5) is 17.1. The first kappa shape index (κ1) is 16.7. The van der Waals surface area contributed by atoms with Crippen LogP contribution < -0.4 is 4.74 Å². The van der Waals surface area contributed by atoms with E-state index in [1.165, 1.54) is 5.56 Å². The molecule has 1 fully saturated rings. The minimum Gasteiger partial charge on any atom is -0.423 e. The SMILES string of the molecule is CCn1ncc2cc(C(=O)Oc3ccc(C4CCOC4)cc3)c(C)nc21. The molecule has 6 nitrogen and oxygen atoms in total. The molecule has 6 heteroatoms. The maximum absolute atomic E-state index is 12.6. The Morgan fingerprint density at radius 2 is 2.15 bits per heavy atom. The van der Waals surface area contributed by atoms with Gasteiger partial charge in [-0.05, 0) is 44.0 Å². The summed E-state index contributed by atoms with van der Waals surface area (Å²) in [6.45, 7) is 6.12. The van der Waals surface area contributed by atoms with Gasteiger partial charge >= 0.3 is 5.97 Å². The lowest BCUT2D eigenvalue weighted by Crippen LogP contribution is -2.12. The number of hydrogen-bond donors (Lipinski definition) is 0. The molecule has 1 unspecified atom stereocenters. The zero-order valence-corrected chi connectivity index (χ0v) is 14.9. The molecule has 0 saturated carbocycles. The van der Waals surface area contributed by atoms with Crippen LogP contribution in [0, 0.1) is 6.92 Å². The molecule has 1 aromatic carbocycles. The third-order valence-electron chi connectivity index (χ3n) is 4.81. The van der Waals surface area contributed by atoms with Crippen molar-refractivity contribution < 1.29 is 14.3 Å². The van der Waals surface area contributed by atoms with Gasteiger partial charge in [-0.3, -0.25) is 0 Å². The first-order valence-corrected chi connectivity index (χ1v) is 8.88. The Hall–Kier alpha value is -2.73. The average molecular weight is 351 g/mol. The summed E-state index contributed by atoms with van der Waals surface area (Å²) in [7, 11) is 0. The fourth-order valence-electron chi connectivity index (χ4n) is 3.30. The Kier molecular flexibility index (Phi) is 4.42. The molecule has 0 N–H and O–H groups in total. The van der Waals surface area contributed by atoms with Crippen LogP contribution >= 0.6 is 0 Å². The van der Waals surface area contributed by atoms with Gasteiger partial charge in [0.15, 0.2) is 5.65 Å². The van der Waals surface area contributed by atoms with Gasteiger partial charge in [-0.25, -0.2) is 14.5 Å². The summed E-state index contributed by atoms with van der Waals surface area (Å²) in [5, 5.41) is 5.11. The van der Waals surface area contributed by atoms with Crippen molar-refractivity contribution in [1.82, 2.24) is 14.8 Å². The fraction of sp³-hybridized carbons (Fsp3) is 0.350. The van der Waals surface area contributed by atoms with Crippen LogP contribution in [0.2, 0.25) is 0 Å². The molecule has 3 heterocycles. The number of rotatable bonds is 4. The van der Waals surface area contributed by atoms with Crippen molar-refractivity contribution >= 4 is 17.0 Å². The molecular formula is C20H21N3O3. The Morgan fingerprint density at radius 1 is 1.35 bits per heavy atom. The standard InChI is InChI=1S/C20H21N3O3/c1-3-23-19-16(11-21-23)10-18(13(2)22-19)20(24)26-17-6-4-14(5-7-17)15-8-9-25-12-15/h4-7,10-11,15H,3,8-9,12H2,1-2H3. The molecule has 4 rings (SSSR count). The second kappa shape index (κ2) is 6.88. The monoisotopic (exact) mass is 351 g/mol. The number of benzene rings is 1. The molecule has 1 atom stereocenters. The highest BCUT2D eigenvalue weighted by Crippen LogP contribution is 2.27. The van der Waals surface area contributed by atoms with Gasteiger partial charge in [-0.15, -0.1) is 0 Å². The summed E-state index contributed by atoms with van der Waals surface area (Å²) in [5.74, 6) is 0.559. The van der Waals surface area contributed by atoms with Crippen LogP contribution in [-0.4, -0.2) is 33.9 Å². The van der Waals surface area contributed by atoms with Gasteiger partial charge in [-0.2, -0.15) is 5.10 Å². The Bertz CT molecular complexity index is 941. The van der Waals surface area contributed by atoms with Gasteiger partial charge in [0.1, 0.15) is 5.75 Å². The molecule has 0 amide bonds. The van der Waals surface area contributed by atoms with Crippen molar-refractivity contribution in [3.05, 3.63) is 53.3 Å². The number of pyridine rings is 1. The van der Waals surface area contributed by atoms with Crippen LogP contribution in [0.3, 0.4) is 0 Å². The second-order valence-electron chi connectivity index (χ2n) is 6.51. The number of aryl methyl sites for hydroxylation is 2. The molecule has 134 valence electrons. The molecule has 1 saturated heterocycles. The number of ether oxygens (including phenoxy) is 2. The van der Waals surface area contributed by atoms with Crippen molar-refractivity contribution in [2.24, 2.45) is 0 Å². The molecule has 26 heavy (non-hydrogen) atoms. The van der Waals surface area contributed by atoms with Crippen LogP contribution in [0.5, 0.6) is 5.75 Å². The van der Waals surface area contributed by atoms with E-state index in [-0.39, 0.29) is 0 Å². The highest BCUT2D eigenvalue weighted by molar-refractivity contribution is 5.95. The zero-order valence-electron chi connectivity index (χ0n) is 14.9. The first-order valence-electron chi connectivity index (χ1n) is 8.88.